The molecule has 0 fully saturated rings. The van der Waals surface area contributed by atoms with Crippen LogP contribution in [0.3, 0.4) is 0 Å². The molecule has 0 amide bonds. The Hall–Kier alpha value is -14.4. The highest BCUT2D eigenvalue weighted by atomic mass is 15.2. The molecule has 6 heterocycles. The van der Waals surface area contributed by atoms with Crippen LogP contribution >= 0.6 is 0 Å². The van der Waals surface area contributed by atoms with Gasteiger partial charge in [0, 0.05) is 99.5 Å². The third-order valence-corrected chi connectivity index (χ3v) is 22.1. The van der Waals surface area contributed by atoms with E-state index in [1.165, 1.54) is 18.3 Å². The second-order valence-corrected chi connectivity index (χ2v) is 29.1. The average Bonchev–Trinajstić information content (AvgIpc) is 1.22. The summed E-state index contributed by atoms with van der Waals surface area (Å²) in [5, 5.41) is -1.75. The van der Waals surface area contributed by atoms with Gasteiger partial charge in [-0.05, 0) is 171 Å². The SMILES string of the molecule is [2H]c1c([2H])c([2H])c2c(c1[2H])c1c([2H])c([2H])c([2H])c([2H])c1n2-c1ccc2c(c1)N(c1ccc(-c3ccccc3)cc1-c1ccccc1-n1c3c([2H])c([2H])c([2H])c([2H])c3c3c([2H])c([2H])c([2H])c([2H])c31)c1cc(C(C)(C)C)cc3c1B2c1ccc(-n2c4c([2H])c([2H])c([2H])c([2H])c4c4c([2H])c([2H])c([2H])c([2H])c42)cc1N3c1ccc(-c2ccccc2)cc1-c1ccccc1-n1c2c([2H])c([2H])c([2H])c([2H])c2c2c([2H])c([2H])c([2H])c([2H])c21. The number of benzene rings is 17. The van der Waals surface area contributed by atoms with Gasteiger partial charge in [0.1, 0.15) is 0 Å². The first kappa shape index (κ1) is 40.3. The van der Waals surface area contributed by atoms with Crippen LogP contribution in [0.25, 0.3) is 154 Å². The topological polar surface area (TPSA) is 26.2 Å². The van der Waals surface area contributed by atoms with Gasteiger partial charge >= 0.3 is 0 Å². The molecule has 2 aliphatic heterocycles. The fraction of sp³-hybridized carbons (Fsp3) is 0.0377. The van der Waals surface area contributed by atoms with E-state index in [4.69, 9.17) is 5.48 Å². The largest absolute Gasteiger partial charge is 0.311 e. The molecule has 113 heavy (non-hydrogen) atoms. The quantitative estimate of drug-likeness (QED) is 0.128. The lowest BCUT2D eigenvalue weighted by Gasteiger charge is -2.46. The van der Waals surface area contributed by atoms with Crippen molar-refractivity contribution >= 4 is 144 Å². The Bertz CT molecular complexity index is 8720. The molecule has 0 saturated heterocycles. The summed E-state index contributed by atoms with van der Waals surface area (Å²) >= 11 is 0. The third kappa shape index (κ3) is 9.81. The maximum atomic E-state index is 9.97. The van der Waals surface area contributed by atoms with Crippen molar-refractivity contribution in [1.82, 2.24) is 18.3 Å². The molecule has 0 atom stereocenters. The van der Waals surface area contributed by atoms with Gasteiger partial charge in [0.15, 0.2) is 0 Å². The van der Waals surface area contributed by atoms with Crippen LogP contribution in [0, 0.1) is 0 Å². The minimum Gasteiger partial charge on any atom is -0.311 e. The predicted molar refractivity (Wildman–Crippen MR) is 478 cm³/mol. The van der Waals surface area contributed by atoms with Gasteiger partial charge in [0.05, 0.1) is 111 Å². The maximum absolute atomic E-state index is 9.97. The molecule has 17 aromatic carbocycles. The Kier molecular flexibility index (Phi) is 8.95. The molecular weight excluding hydrogens is 1370 g/mol. The molecule has 21 aromatic rings. The minimum absolute atomic E-state index is 0.0792. The van der Waals surface area contributed by atoms with Crippen LogP contribution in [0.2, 0.25) is 0 Å². The molecule has 4 aromatic heterocycles. The van der Waals surface area contributed by atoms with Gasteiger partial charge in [-0.15, -0.1) is 0 Å². The molecule has 6 nitrogen and oxygen atoms in total. The Labute approximate surface area is 700 Å². The van der Waals surface area contributed by atoms with Gasteiger partial charge in [-0.3, -0.25) is 0 Å². The van der Waals surface area contributed by atoms with Gasteiger partial charge in [-0.1, -0.05) is 287 Å². The molecule has 0 unspecified atom stereocenters. The molecular formula is C106H73BN6. The number of anilines is 6. The zero-order chi connectivity index (χ0) is 103. The zero-order valence-electron chi connectivity index (χ0n) is 92.2. The van der Waals surface area contributed by atoms with E-state index in [0.717, 1.165) is 0 Å². The summed E-state index contributed by atoms with van der Waals surface area (Å²) in [6.45, 7) is 4.87. The average molecular weight is 1470 g/mol. The lowest BCUT2D eigenvalue weighted by molar-refractivity contribution is 0.590. The molecule has 7 heteroatoms. The number of para-hydroxylation sites is 10. The highest BCUT2D eigenvalue weighted by molar-refractivity contribution is 7.00. The summed E-state index contributed by atoms with van der Waals surface area (Å²) in [5.41, 5.74) is 5.55. The second-order valence-electron chi connectivity index (χ2n) is 29.1. The van der Waals surface area contributed by atoms with Gasteiger partial charge in [0.25, 0.3) is 6.71 Å². The summed E-state index contributed by atoms with van der Waals surface area (Å²) in [5.74, 6) is 0. The molecule has 0 radical (unpaired) electrons. The first-order valence-electron chi connectivity index (χ1n) is 52.7. The van der Waals surface area contributed by atoms with Crippen LogP contribution in [-0.2, 0) is 5.41 Å². The first-order valence-corrected chi connectivity index (χ1v) is 36.7. The number of aromatic nitrogens is 4. The standard InChI is InChI=1S/C106H73BN6/c1-106(2,3)72-64-103-105-104(65-72)113(100-61-55-71(69-32-8-5-9-33-69)63-86(100)84-43-19-29-53-98(84)111-95-50-26-16-40-81(95)82-41-17-27-51-96(82)111)102-67-74(109-91-46-22-12-36-77(91)78-37-13-23-47-92(78)109)57-59-88(102)107(105)87-58-56-73(108-89-44-20-10-34-75(89)76-35-11-21-45-90(76)108)66-101(87)112(103)99-60-54-70(68-30-6-4-7-31-68)62-85(99)83-42-18-28-52-97(83)110-93-48-24-14-38-79(93)80-39-15-25-49-94(80)110/h4-67H,1-3H3/i10D,11D,12D,13D,14D,15D,16D,17D,20D,21D,22D,23D,24D,25D,26D,27D,34D,35D,36D,37D,38D,39D,40D,41D,44D,45D,46D,47D,48D,49D,50D,51D. The van der Waals surface area contributed by atoms with Gasteiger partial charge < -0.3 is 28.1 Å². The van der Waals surface area contributed by atoms with E-state index < -0.39 is 205 Å². The Morgan fingerprint density at radius 2 is 0.540 bits per heavy atom. The Balaban J connectivity index is 0.916. The number of fused-ring (bicyclic) bond motifs is 16. The number of hydrogen-bond donors (Lipinski definition) is 0. The summed E-state index contributed by atoms with van der Waals surface area (Å²) in [6, 6.07) is 37.7. The molecule has 0 N–H and O–H groups in total. The van der Waals surface area contributed by atoms with Gasteiger partial charge in [-0.2, -0.15) is 0 Å². The van der Waals surface area contributed by atoms with Crippen molar-refractivity contribution in [2.45, 2.75) is 26.2 Å². The van der Waals surface area contributed by atoms with Crippen molar-refractivity contribution in [3.8, 4) is 67.3 Å². The fourth-order valence-electron chi connectivity index (χ4n) is 17.2. The third-order valence-electron chi connectivity index (χ3n) is 22.1. The molecule has 0 aliphatic carbocycles. The monoisotopic (exact) mass is 1470 g/mol. The van der Waals surface area contributed by atoms with Crippen LogP contribution in [0.5, 0.6) is 0 Å². The summed E-state index contributed by atoms with van der Waals surface area (Å²) in [7, 11) is 0. The summed E-state index contributed by atoms with van der Waals surface area (Å²) in [6.07, 6.45) is 0. The summed E-state index contributed by atoms with van der Waals surface area (Å²) in [4.78, 5) is 3.98. The molecule has 0 bridgehead atoms. The van der Waals surface area contributed by atoms with Crippen molar-refractivity contribution < 1.29 is 43.9 Å². The van der Waals surface area contributed by atoms with Crippen molar-refractivity contribution in [2.24, 2.45) is 0 Å². The van der Waals surface area contributed by atoms with E-state index in [2.05, 4.69) is 0 Å². The smallest absolute Gasteiger partial charge is 0.252 e. The van der Waals surface area contributed by atoms with E-state index in [9.17, 15) is 38.4 Å². The molecule has 530 valence electrons. The van der Waals surface area contributed by atoms with E-state index in [1.807, 2.05) is 140 Å². The predicted octanol–water partition coefficient (Wildman–Crippen LogP) is 26.1. The summed E-state index contributed by atoms with van der Waals surface area (Å²) < 4.78 is 311. The highest BCUT2D eigenvalue weighted by Crippen LogP contribution is 2.54. The Morgan fingerprint density at radius 3 is 0.867 bits per heavy atom. The first-order chi connectivity index (χ1) is 69.0. The van der Waals surface area contributed by atoms with E-state index >= 15 is 0 Å². The van der Waals surface area contributed by atoms with Crippen LogP contribution in [0.15, 0.2) is 387 Å². The molecule has 0 saturated carbocycles. The Morgan fingerprint density at radius 1 is 0.239 bits per heavy atom. The normalized spacial score (nSPS) is 16.6. The van der Waals surface area contributed by atoms with Crippen molar-refractivity contribution in [3.05, 3.63) is 393 Å². The fourth-order valence-corrected chi connectivity index (χ4v) is 17.2. The van der Waals surface area contributed by atoms with E-state index in [-0.39, 0.29) is 121 Å². The number of rotatable bonds is 10. The lowest BCUT2D eigenvalue weighted by Crippen LogP contribution is -2.61. The highest BCUT2D eigenvalue weighted by Gasteiger charge is 2.46. The maximum Gasteiger partial charge on any atom is 0.252 e. The van der Waals surface area contributed by atoms with Crippen molar-refractivity contribution in [2.75, 3.05) is 9.80 Å². The zero-order valence-corrected chi connectivity index (χ0v) is 60.2. The molecule has 0 spiro atoms. The number of nitrogens with zero attached hydrogens (tertiary/aromatic N) is 6. The van der Waals surface area contributed by atoms with Crippen molar-refractivity contribution in [3.63, 3.8) is 0 Å². The van der Waals surface area contributed by atoms with Crippen LogP contribution < -0.4 is 26.2 Å². The van der Waals surface area contributed by atoms with Crippen molar-refractivity contribution in [1.29, 1.82) is 0 Å². The van der Waals surface area contributed by atoms with Crippen LogP contribution in [0.4, 0.5) is 34.1 Å². The lowest BCUT2D eigenvalue weighted by atomic mass is 9.33. The second kappa shape index (κ2) is 25.1. The van der Waals surface area contributed by atoms with E-state index in [1.54, 1.807) is 84.9 Å². The number of hydrogen-bond acceptors (Lipinski definition) is 2. The van der Waals surface area contributed by atoms with Gasteiger partial charge in [-0.25, -0.2) is 0 Å². The molecule has 2 aliphatic rings. The van der Waals surface area contributed by atoms with E-state index in [0.29, 0.717) is 89.2 Å². The van der Waals surface area contributed by atoms with Gasteiger partial charge in [0.2, 0.25) is 0 Å². The van der Waals surface area contributed by atoms with Crippen LogP contribution in [-0.4, -0.2) is 25.0 Å². The minimum atomic E-state index is -1.11. The van der Waals surface area contributed by atoms with Crippen LogP contribution in [0.1, 0.15) is 70.2 Å². The molecule has 23 rings (SSSR count).